The molecule has 0 aliphatic rings. The summed E-state index contributed by atoms with van der Waals surface area (Å²) in [5, 5.41) is 3.72. The molecule has 0 heterocycles. The number of halogens is 1. The Bertz CT molecular complexity index is 816. The number of ether oxygens (including phenoxy) is 2. The van der Waals surface area contributed by atoms with Crippen LogP contribution < -0.4 is 4.74 Å². The van der Waals surface area contributed by atoms with Crippen LogP contribution in [0, 0.1) is 0 Å². The average Bonchev–Trinajstić information content (AvgIpc) is 2.62. The summed E-state index contributed by atoms with van der Waals surface area (Å²) in [5.74, 6) is -0.117. The van der Waals surface area contributed by atoms with Crippen molar-refractivity contribution in [2.45, 2.75) is 13.5 Å². The van der Waals surface area contributed by atoms with E-state index in [9.17, 15) is 4.79 Å². The summed E-state index contributed by atoms with van der Waals surface area (Å²) in [6.45, 7) is 2.26. The van der Waals surface area contributed by atoms with Gasteiger partial charge in [0.25, 0.3) is 0 Å². The monoisotopic (exact) mass is 357 g/mol. The number of hydrogen-bond donors (Lipinski definition) is 0. The number of rotatable bonds is 7. The molecule has 2 aromatic carbocycles. The third kappa shape index (κ3) is 5.57. The van der Waals surface area contributed by atoms with Crippen LogP contribution in [-0.4, -0.2) is 12.6 Å². The van der Waals surface area contributed by atoms with Gasteiger partial charge in [-0.2, -0.15) is 0 Å². The van der Waals surface area contributed by atoms with E-state index in [1.54, 1.807) is 25.1 Å². The van der Waals surface area contributed by atoms with E-state index in [4.69, 9.17) is 26.6 Å². The van der Waals surface area contributed by atoms with Crippen molar-refractivity contribution in [3.8, 4) is 5.75 Å². The molecule has 2 rings (SSSR count). The topological polar surface area (TPSA) is 84.3 Å². The molecule has 0 atom stereocenters. The number of carbonyl (C=O) groups excluding carboxylic acids is 1. The van der Waals surface area contributed by atoms with Crippen LogP contribution in [0.2, 0.25) is 5.02 Å². The zero-order valence-electron chi connectivity index (χ0n) is 13.6. The van der Waals surface area contributed by atoms with E-state index >= 15 is 0 Å². The molecule has 0 radical (unpaired) electrons. The third-order valence-electron chi connectivity index (χ3n) is 3.15. The molecule has 0 aliphatic heterocycles. The maximum absolute atomic E-state index is 11.8. The van der Waals surface area contributed by atoms with Crippen molar-refractivity contribution in [3.05, 3.63) is 80.8 Å². The summed E-state index contributed by atoms with van der Waals surface area (Å²) in [7, 11) is 0. The van der Waals surface area contributed by atoms with E-state index < -0.39 is 5.97 Å². The van der Waals surface area contributed by atoms with Crippen LogP contribution in [0.1, 0.15) is 18.1 Å². The molecule has 128 valence electrons. The predicted octanol–water partition coefficient (Wildman–Crippen LogP) is 5.13. The first-order valence-corrected chi connectivity index (χ1v) is 7.92. The van der Waals surface area contributed by atoms with Gasteiger partial charge in [0.2, 0.25) is 0 Å². The van der Waals surface area contributed by atoms with Crippen molar-refractivity contribution in [1.82, 2.24) is 0 Å². The summed E-state index contributed by atoms with van der Waals surface area (Å²) in [5.41, 5.74) is 9.97. The quantitative estimate of drug-likeness (QED) is 0.226. The summed E-state index contributed by atoms with van der Waals surface area (Å²) in [4.78, 5) is 14.4. The molecule has 7 heteroatoms. The summed E-state index contributed by atoms with van der Waals surface area (Å²) < 4.78 is 10.5. The van der Waals surface area contributed by atoms with Crippen molar-refractivity contribution in [2.24, 2.45) is 5.11 Å². The number of carbonyl (C=O) groups is 1. The van der Waals surface area contributed by atoms with Crippen LogP contribution in [0.4, 0.5) is 0 Å². The Morgan fingerprint density at radius 1 is 1.28 bits per heavy atom. The first-order valence-electron chi connectivity index (χ1n) is 7.54. The van der Waals surface area contributed by atoms with E-state index in [-0.39, 0.29) is 12.3 Å². The summed E-state index contributed by atoms with van der Waals surface area (Å²) in [6, 6.07) is 14.8. The number of benzene rings is 2. The van der Waals surface area contributed by atoms with Crippen LogP contribution in [0.5, 0.6) is 5.75 Å². The van der Waals surface area contributed by atoms with E-state index in [1.165, 1.54) is 6.08 Å². The molecule has 0 bridgehead atoms. The minimum atomic E-state index is -0.708. The highest BCUT2D eigenvalue weighted by Crippen LogP contribution is 2.25. The lowest BCUT2D eigenvalue weighted by Crippen LogP contribution is -2.05. The highest BCUT2D eigenvalue weighted by Gasteiger charge is 2.10. The molecule has 0 unspecified atom stereocenters. The second kappa shape index (κ2) is 9.37. The lowest BCUT2D eigenvalue weighted by atomic mass is 10.2. The zero-order valence-corrected chi connectivity index (χ0v) is 14.3. The molecule has 0 saturated carbocycles. The molecule has 0 amide bonds. The first-order chi connectivity index (χ1) is 12.1. The summed E-state index contributed by atoms with van der Waals surface area (Å²) in [6.07, 6.45) is 1.38. The van der Waals surface area contributed by atoms with Gasteiger partial charge in [-0.25, -0.2) is 4.79 Å². The minimum absolute atomic E-state index is 0.163. The molecule has 0 saturated heterocycles. The molecule has 0 fully saturated rings. The van der Waals surface area contributed by atoms with Gasteiger partial charge in [0.05, 0.1) is 11.6 Å². The number of azide groups is 1. The van der Waals surface area contributed by atoms with Crippen LogP contribution >= 0.6 is 11.6 Å². The molecule has 6 nitrogen and oxygen atoms in total. The number of esters is 1. The van der Waals surface area contributed by atoms with Crippen LogP contribution in [0.3, 0.4) is 0 Å². The normalized spacial score (nSPS) is 10.7. The Hall–Kier alpha value is -2.95. The second-order valence-corrected chi connectivity index (χ2v) is 5.30. The fourth-order valence-electron chi connectivity index (χ4n) is 1.98. The summed E-state index contributed by atoms with van der Waals surface area (Å²) >= 11 is 6.23. The van der Waals surface area contributed by atoms with Gasteiger partial charge in [-0.3, -0.25) is 0 Å². The van der Waals surface area contributed by atoms with Crippen molar-refractivity contribution in [1.29, 1.82) is 0 Å². The molecule has 0 aromatic heterocycles. The molecular formula is C18H16ClN3O3. The maximum Gasteiger partial charge on any atom is 0.340 e. The third-order valence-corrected chi connectivity index (χ3v) is 3.48. The van der Waals surface area contributed by atoms with Crippen molar-refractivity contribution < 1.29 is 14.3 Å². The van der Waals surface area contributed by atoms with Gasteiger partial charge in [0, 0.05) is 4.91 Å². The van der Waals surface area contributed by atoms with Gasteiger partial charge in [-0.1, -0.05) is 47.0 Å². The molecule has 0 aliphatic carbocycles. The smallest absolute Gasteiger partial charge is 0.340 e. The van der Waals surface area contributed by atoms with Gasteiger partial charge >= 0.3 is 5.97 Å². The van der Waals surface area contributed by atoms with Crippen molar-refractivity contribution in [2.75, 3.05) is 6.61 Å². The van der Waals surface area contributed by atoms with E-state index in [0.717, 1.165) is 5.56 Å². The standard InChI is InChI=1S/C18H16ClN3O3/c1-2-24-18(23)17(21-22-20)10-14-8-9-15(11-16(14)19)25-12-13-6-4-3-5-7-13/h3-11H,2,12H2,1H3/b17-10-. The number of nitrogens with zero attached hydrogens (tertiary/aromatic N) is 3. The SMILES string of the molecule is CCOC(=O)/C(=C/c1ccc(OCc2ccccc2)cc1Cl)N=[N+]=[N-]. The molecule has 2 aromatic rings. The fourth-order valence-corrected chi connectivity index (χ4v) is 2.21. The maximum atomic E-state index is 11.8. The zero-order chi connectivity index (χ0) is 18.1. The Labute approximate surface area is 150 Å². The highest BCUT2D eigenvalue weighted by atomic mass is 35.5. The lowest BCUT2D eigenvalue weighted by Gasteiger charge is -2.08. The fraction of sp³-hybridized carbons (Fsp3) is 0.167. The molecule has 0 spiro atoms. The van der Waals surface area contributed by atoms with E-state index in [0.29, 0.717) is 22.9 Å². The number of hydrogen-bond acceptors (Lipinski definition) is 4. The Kier molecular flexibility index (Phi) is 6.89. The van der Waals surface area contributed by atoms with Crippen LogP contribution in [0.15, 0.2) is 59.3 Å². The van der Waals surface area contributed by atoms with Gasteiger partial charge in [-0.05, 0) is 47.9 Å². The van der Waals surface area contributed by atoms with Gasteiger partial charge in [0.1, 0.15) is 18.1 Å². The van der Waals surface area contributed by atoms with Gasteiger partial charge in [-0.15, -0.1) is 0 Å². The van der Waals surface area contributed by atoms with E-state index in [1.807, 2.05) is 30.3 Å². The largest absolute Gasteiger partial charge is 0.489 e. The van der Waals surface area contributed by atoms with E-state index in [2.05, 4.69) is 10.0 Å². The lowest BCUT2D eigenvalue weighted by molar-refractivity contribution is -0.138. The Balaban J connectivity index is 2.16. The molecule has 0 N–H and O–H groups in total. The van der Waals surface area contributed by atoms with Gasteiger partial charge < -0.3 is 9.47 Å². The molecule has 25 heavy (non-hydrogen) atoms. The van der Waals surface area contributed by atoms with Gasteiger partial charge in [0.15, 0.2) is 0 Å². The predicted molar refractivity (Wildman–Crippen MR) is 96.0 cm³/mol. The van der Waals surface area contributed by atoms with Crippen LogP contribution in [0.25, 0.3) is 16.5 Å². The first kappa shape index (κ1) is 18.4. The second-order valence-electron chi connectivity index (χ2n) is 4.90. The van der Waals surface area contributed by atoms with Crippen LogP contribution in [-0.2, 0) is 16.1 Å². The minimum Gasteiger partial charge on any atom is -0.489 e. The molecular weight excluding hydrogens is 342 g/mol. The highest BCUT2D eigenvalue weighted by molar-refractivity contribution is 6.32. The Morgan fingerprint density at radius 2 is 2.04 bits per heavy atom. The Morgan fingerprint density at radius 3 is 2.68 bits per heavy atom. The van der Waals surface area contributed by atoms with Crippen molar-refractivity contribution >= 4 is 23.6 Å². The van der Waals surface area contributed by atoms with Crippen molar-refractivity contribution in [3.63, 3.8) is 0 Å². The average molecular weight is 358 g/mol.